The zero-order chi connectivity index (χ0) is 14.9. The van der Waals surface area contributed by atoms with Crippen LogP contribution < -0.4 is 4.90 Å². The summed E-state index contributed by atoms with van der Waals surface area (Å²) < 4.78 is 39.1. The number of nitrogens with zero attached hydrogens (tertiary/aromatic N) is 1. The molecule has 0 aliphatic rings. The Hall–Kier alpha value is -1.68. The van der Waals surface area contributed by atoms with Crippen molar-refractivity contribution in [1.82, 2.24) is 0 Å². The summed E-state index contributed by atoms with van der Waals surface area (Å²) in [6.07, 6.45) is -4.40. The van der Waals surface area contributed by atoms with Gasteiger partial charge in [0.25, 0.3) is 0 Å². The van der Waals surface area contributed by atoms with E-state index in [1.807, 2.05) is 19.0 Å². The van der Waals surface area contributed by atoms with E-state index in [1.165, 1.54) is 12.1 Å². The summed E-state index contributed by atoms with van der Waals surface area (Å²) in [5.74, 6) is 0. The summed E-state index contributed by atoms with van der Waals surface area (Å²) in [5.41, 5.74) is 0.628. The molecule has 0 aliphatic carbocycles. The van der Waals surface area contributed by atoms with E-state index in [4.69, 9.17) is 11.6 Å². The van der Waals surface area contributed by atoms with E-state index in [9.17, 15) is 13.2 Å². The monoisotopic (exact) mass is 299 g/mol. The van der Waals surface area contributed by atoms with Gasteiger partial charge < -0.3 is 4.90 Å². The lowest BCUT2D eigenvalue weighted by atomic mass is 9.99. The third-order valence-corrected chi connectivity index (χ3v) is 3.30. The van der Waals surface area contributed by atoms with E-state index in [-0.39, 0.29) is 5.56 Å². The molecule has 2 aromatic carbocycles. The molecule has 0 spiro atoms. The second-order valence-corrected chi connectivity index (χ2v) is 5.01. The first-order valence-corrected chi connectivity index (χ1v) is 6.32. The lowest BCUT2D eigenvalue weighted by molar-refractivity contribution is -0.137. The molecule has 20 heavy (non-hydrogen) atoms. The predicted molar refractivity (Wildman–Crippen MR) is 76.2 cm³/mol. The Bertz CT molecular complexity index is 621. The number of hydrogen-bond donors (Lipinski definition) is 0. The highest BCUT2D eigenvalue weighted by Crippen LogP contribution is 2.40. The minimum atomic E-state index is -4.40. The first kappa shape index (κ1) is 14.7. The minimum Gasteiger partial charge on any atom is -0.378 e. The van der Waals surface area contributed by atoms with Crippen molar-refractivity contribution in [3.63, 3.8) is 0 Å². The van der Waals surface area contributed by atoms with Crippen LogP contribution in [0, 0.1) is 0 Å². The summed E-state index contributed by atoms with van der Waals surface area (Å²) in [7, 11) is 3.68. The van der Waals surface area contributed by atoms with Gasteiger partial charge in [-0.25, -0.2) is 0 Å². The molecule has 0 radical (unpaired) electrons. The summed E-state index contributed by atoms with van der Waals surface area (Å²) >= 11 is 6.14. The van der Waals surface area contributed by atoms with Gasteiger partial charge >= 0.3 is 6.18 Å². The van der Waals surface area contributed by atoms with Gasteiger partial charge in [0.05, 0.1) is 10.6 Å². The van der Waals surface area contributed by atoms with Gasteiger partial charge in [-0.05, 0) is 23.8 Å². The van der Waals surface area contributed by atoms with Crippen molar-refractivity contribution in [3.8, 4) is 11.1 Å². The van der Waals surface area contributed by atoms with Gasteiger partial charge in [0.15, 0.2) is 0 Å². The van der Waals surface area contributed by atoms with Crippen LogP contribution in [-0.2, 0) is 6.18 Å². The molecule has 0 saturated heterocycles. The predicted octanol–water partition coefficient (Wildman–Crippen LogP) is 5.09. The van der Waals surface area contributed by atoms with Gasteiger partial charge in [-0.1, -0.05) is 35.9 Å². The SMILES string of the molecule is CN(C)c1ccc(-c2ccccc2C(F)(F)F)c(Cl)c1. The molecule has 1 nitrogen and oxygen atoms in total. The maximum Gasteiger partial charge on any atom is 0.417 e. The molecule has 0 unspecified atom stereocenters. The first-order valence-electron chi connectivity index (χ1n) is 5.94. The second-order valence-electron chi connectivity index (χ2n) is 4.60. The molecule has 0 amide bonds. The summed E-state index contributed by atoms with van der Waals surface area (Å²) in [6, 6.07) is 10.4. The lowest BCUT2D eigenvalue weighted by Crippen LogP contribution is -2.09. The summed E-state index contributed by atoms with van der Waals surface area (Å²) in [5, 5.41) is 0.299. The Morgan fingerprint density at radius 2 is 1.60 bits per heavy atom. The fraction of sp³-hybridized carbons (Fsp3) is 0.200. The number of halogens is 4. The lowest BCUT2D eigenvalue weighted by Gasteiger charge is -2.17. The molecule has 5 heteroatoms. The van der Waals surface area contributed by atoms with Gasteiger partial charge in [-0.2, -0.15) is 13.2 Å². The van der Waals surface area contributed by atoms with Crippen LogP contribution in [0.25, 0.3) is 11.1 Å². The summed E-state index contributed by atoms with van der Waals surface area (Å²) in [6.45, 7) is 0. The van der Waals surface area contributed by atoms with Crippen LogP contribution in [0.3, 0.4) is 0 Å². The number of rotatable bonds is 2. The zero-order valence-corrected chi connectivity index (χ0v) is 11.8. The molecular weight excluding hydrogens is 287 g/mol. The van der Waals surface area contributed by atoms with Gasteiger partial charge in [0.2, 0.25) is 0 Å². The largest absolute Gasteiger partial charge is 0.417 e. The molecule has 2 rings (SSSR count). The van der Waals surface area contributed by atoms with E-state index in [2.05, 4.69) is 0 Å². The molecule has 0 saturated carbocycles. The van der Waals surface area contributed by atoms with Crippen molar-refractivity contribution in [2.75, 3.05) is 19.0 Å². The smallest absolute Gasteiger partial charge is 0.378 e. The van der Waals surface area contributed by atoms with Crippen LogP contribution >= 0.6 is 11.6 Å². The van der Waals surface area contributed by atoms with E-state index >= 15 is 0 Å². The maximum atomic E-state index is 13.0. The Kier molecular flexibility index (Phi) is 3.95. The van der Waals surface area contributed by atoms with Crippen molar-refractivity contribution >= 4 is 17.3 Å². The Labute approximate surface area is 120 Å². The Balaban J connectivity index is 2.58. The third-order valence-electron chi connectivity index (χ3n) is 2.99. The Morgan fingerprint density at radius 3 is 2.15 bits per heavy atom. The normalized spacial score (nSPS) is 11.5. The van der Waals surface area contributed by atoms with Crippen LogP contribution in [0.15, 0.2) is 42.5 Å². The topological polar surface area (TPSA) is 3.24 Å². The van der Waals surface area contributed by atoms with Crippen LogP contribution in [0.5, 0.6) is 0 Å². The van der Waals surface area contributed by atoms with E-state index in [0.717, 1.165) is 11.8 Å². The maximum absolute atomic E-state index is 13.0. The zero-order valence-electron chi connectivity index (χ0n) is 11.0. The quantitative estimate of drug-likeness (QED) is 0.746. The second kappa shape index (κ2) is 5.37. The molecule has 0 heterocycles. The van der Waals surface area contributed by atoms with Crippen LogP contribution in [0.1, 0.15) is 5.56 Å². The molecule has 106 valence electrons. The molecule has 0 aromatic heterocycles. The third kappa shape index (κ3) is 2.90. The van der Waals surface area contributed by atoms with Crippen molar-refractivity contribution in [2.24, 2.45) is 0 Å². The fourth-order valence-corrected chi connectivity index (χ4v) is 2.24. The van der Waals surface area contributed by atoms with Gasteiger partial charge in [0.1, 0.15) is 0 Å². The number of anilines is 1. The molecule has 0 bridgehead atoms. The highest BCUT2D eigenvalue weighted by Gasteiger charge is 2.33. The van der Waals surface area contributed by atoms with Crippen molar-refractivity contribution in [3.05, 3.63) is 53.1 Å². The number of hydrogen-bond acceptors (Lipinski definition) is 1. The number of benzene rings is 2. The first-order chi connectivity index (χ1) is 9.30. The van der Waals surface area contributed by atoms with Crippen LogP contribution in [0.4, 0.5) is 18.9 Å². The highest BCUT2D eigenvalue weighted by molar-refractivity contribution is 6.33. The summed E-state index contributed by atoms with van der Waals surface area (Å²) in [4.78, 5) is 1.84. The molecule has 2 aromatic rings. The van der Waals surface area contributed by atoms with E-state index in [1.54, 1.807) is 24.3 Å². The molecule has 0 atom stereocenters. The Morgan fingerprint density at radius 1 is 0.950 bits per heavy atom. The molecule has 0 fully saturated rings. The molecule has 0 N–H and O–H groups in total. The molecule has 0 aliphatic heterocycles. The van der Waals surface area contributed by atoms with Crippen molar-refractivity contribution < 1.29 is 13.2 Å². The van der Waals surface area contributed by atoms with Gasteiger partial charge in [0, 0.05) is 25.3 Å². The highest BCUT2D eigenvalue weighted by atomic mass is 35.5. The minimum absolute atomic E-state index is 0.0929. The number of alkyl halides is 3. The molecular formula is C15H13ClF3N. The average molecular weight is 300 g/mol. The van der Waals surface area contributed by atoms with Gasteiger partial charge in [-0.15, -0.1) is 0 Å². The van der Waals surface area contributed by atoms with Crippen LogP contribution in [0.2, 0.25) is 5.02 Å². The van der Waals surface area contributed by atoms with E-state index < -0.39 is 11.7 Å². The average Bonchev–Trinajstić information content (AvgIpc) is 2.37. The van der Waals surface area contributed by atoms with Crippen LogP contribution in [-0.4, -0.2) is 14.1 Å². The van der Waals surface area contributed by atoms with Crippen molar-refractivity contribution in [2.45, 2.75) is 6.18 Å². The fourth-order valence-electron chi connectivity index (χ4n) is 1.97. The van der Waals surface area contributed by atoms with E-state index in [0.29, 0.717) is 10.6 Å². The van der Waals surface area contributed by atoms with Crippen molar-refractivity contribution in [1.29, 1.82) is 0 Å². The standard InChI is InChI=1S/C15H13ClF3N/c1-20(2)10-7-8-12(14(16)9-10)11-5-3-4-6-13(11)15(17,18)19/h3-9H,1-2H3. The van der Waals surface area contributed by atoms with Gasteiger partial charge in [-0.3, -0.25) is 0 Å².